The number of anilines is 2. The van der Waals surface area contributed by atoms with Gasteiger partial charge in [-0.05, 0) is 36.4 Å². The van der Waals surface area contributed by atoms with E-state index in [4.69, 9.17) is 21.4 Å². The summed E-state index contributed by atoms with van der Waals surface area (Å²) < 4.78 is 5.04. The smallest absolute Gasteiger partial charge is 0.340 e. The first-order valence-corrected chi connectivity index (χ1v) is 8.32. The number of aliphatic hydroxyl groups is 2. The monoisotopic (exact) mass is 408 g/mol. The lowest BCUT2D eigenvalue weighted by molar-refractivity contribution is 0.00941. The van der Waals surface area contributed by atoms with Crippen LogP contribution in [0.5, 0.6) is 0 Å². The molecule has 0 spiro atoms. The van der Waals surface area contributed by atoms with Gasteiger partial charge in [0.25, 0.3) is 0 Å². The minimum absolute atomic E-state index is 0. The van der Waals surface area contributed by atoms with E-state index in [2.05, 4.69) is 10.3 Å². The molecule has 27 heavy (non-hydrogen) atoms. The van der Waals surface area contributed by atoms with Crippen LogP contribution >= 0.6 is 24.0 Å². The first-order valence-electron chi connectivity index (χ1n) is 7.95. The molecule has 3 rings (SSSR count). The molecule has 3 N–H and O–H groups in total. The number of carbonyl (C=O) groups excluding carboxylic acids is 1. The van der Waals surface area contributed by atoms with Crippen molar-refractivity contribution >= 4 is 52.3 Å². The van der Waals surface area contributed by atoms with Crippen LogP contribution in [0.2, 0.25) is 5.02 Å². The second kappa shape index (κ2) is 9.53. The third-order valence-corrected chi connectivity index (χ3v) is 3.97. The number of pyridine rings is 1. The molecule has 3 aromatic rings. The van der Waals surface area contributed by atoms with Gasteiger partial charge < -0.3 is 20.3 Å². The Morgan fingerprint density at radius 1 is 1.19 bits per heavy atom. The molecule has 2 aromatic carbocycles. The van der Waals surface area contributed by atoms with Gasteiger partial charge in [-0.2, -0.15) is 0 Å². The first-order chi connectivity index (χ1) is 12.6. The van der Waals surface area contributed by atoms with Crippen LogP contribution in [0, 0.1) is 0 Å². The Hall–Kier alpha value is -2.38. The van der Waals surface area contributed by atoms with Crippen LogP contribution < -0.4 is 5.32 Å². The third kappa shape index (κ3) is 5.08. The minimum atomic E-state index is -1.10. The molecule has 0 unspecified atom stereocenters. The molecule has 8 heteroatoms. The Kier molecular flexibility index (Phi) is 7.38. The lowest BCUT2D eigenvalue weighted by Gasteiger charge is -2.14. The van der Waals surface area contributed by atoms with Gasteiger partial charge in [-0.1, -0.05) is 23.7 Å². The van der Waals surface area contributed by atoms with E-state index >= 15 is 0 Å². The van der Waals surface area contributed by atoms with Crippen molar-refractivity contribution in [3.8, 4) is 0 Å². The number of nitrogens with zero attached hydrogens (tertiary/aromatic N) is 1. The molecular weight excluding hydrogens is 391 g/mol. The molecular formula is C19H18Cl2N2O4. The van der Waals surface area contributed by atoms with E-state index in [0.717, 1.165) is 16.6 Å². The maximum atomic E-state index is 12.3. The Bertz CT molecular complexity index is 936. The van der Waals surface area contributed by atoms with Crippen LogP contribution in [-0.2, 0) is 4.74 Å². The molecule has 0 saturated carbocycles. The molecule has 0 fully saturated rings. The summed E-state index contributed by atoms with van der Waals surface area (Å²) in [6.45, 7) is -0.751. The molecule has 142 valence electrons. The number of hydrogen-bond donors (Lipinski definition) is 3. The molecule has 1 atom stereocenters. The van der Waals surface area contributed by atoms with Crippen LogP contribution in [0.4, 0.5) is 11.4 Å². The van der Waals surface area contributed by atoms with Crippen molar-refractivity contribution in [2.75, 3.05) is 18.5 Å². The fourth-order valence-electron chi connectivity index (χ4n) is 2.45. The zero-order valence-corrected chi connectivity index (χ0v) is 15.7. The molecule has 1 aromatic heterocycles. The quantitative estimate of drug-likeness (QED) is 0.540. The topological polar surface area (TPSA) is 91.7 Å². The van der Waals surface area contributed by atoms with Gasteiger partial charge in [-0.25, -0.2) is 4.79 Å². The van der Waals surface area contributed by atoms with Crippen molar-refractivity contribution in [1.29, 1.82) is 0 Å². The van der Waals surface area contributed by atoms with Crippen LogP contribution in [0.3, 0.4) is 0 Å². The number of ether oxygens (including phenoxy) is 1. The van der Waals surface area contributed by atoms with Crippen LogP contribution in [-0.4, -0.2) is 40.5 Å². The number of hydrogen-bond acceptors (Lipinski definition) is 6. The van der Waals surface area contributed by atoms with Gasteiger partial charge in [-0.3, -0.25) is 4.98 Å². The normalized spacial score (nSPS) is 11.5. The molecule has 1 heterocycles. The number of halogens is 2. The van der Waals surface area contributed by atoms with Crippen LogP contribution in [0.1, 0.15) is 10.4 Å². The van der Waals surface area contributed by atoms with E-state index in [1.54, 1.807) is 48.7 Å². The average Bonchev–Trinajstić information content (AvgIpc) is 2.66. The highest BCUT2D eigenvalue weighted by Crippen LogP contribution is 2.28. The van der Waals surface area contributed by atoms with Crippen molar-refractivity contribution in [2.24, 2.45) is 0 Å². The predicted molar refractivity (Wildman–Crippen MR) is 107 cm³/mol. The number of aromatic nitrogens is 1. The van der Waals surface area contributed by atoms with Crippen LogP contribution in [0.25, 0.3) is 10.9 Å². The highest BCUT2D eigenvalue weighted by molar-refractivity contribution is 6.31. The number of esters is 1. The maximum Gasteiger partial charge on any atom is 0.340 e. The van der Waals surface area contributed by atoms with Gasteiger partial charge >= 0.3 is 5.97 Å². The van der Waals surface area contributed by atoms with Crippen molar-refractivity contribution < 1.29 is 19.7 Å². The number of carbonyl (C=O) groups is 1. The highest BCUT2D eigenvalue weighted by atomic mass is 35.5. The Morgan fingerprint density at radius 3 is 2.74 bits per heavy atom. The molecule has 0 aliphatic heterocycles. The zero-order valence-electron chi connectivity index (χ0n) is 14.1. The summed E-state index contributed by atoms with van der Waals surface area (Å²) in [7, 11) is 0. The van der Waals surface area contributed by atoms with E-state index in [0.29, 0.717) is 16.3 Å². The van der Waals surface area contributed by atoms with E-state index in [9.17, 15) is 9.90 Å². The summed E-state index contributed by atoms with van der Waals surface area (Å²) in [5.74, 6) is -0.595. The van der Waals surface area contributed by atoms with Crippen molar-refractivity contribution in [3.63, 3.8) is 0 Å². The van der Waals surface area contributed by atoms with Gasteiger partial charge in [0.1, 0.15) is 12.7 Å². The first kappa shape index (κ1) is 20.9. The minimum Gasteiger partial charge on any atom is -0.459 e. The fourth-order valence-corrected chi connectivity index (χ4v) is 2.61. The van der Waals surface area contributed by atoms with Crippen LogP contribution in [0.15, 0.2) is 54.7 Å². The molecule has 0 aliphatic carbocycles. The van der Waals surface area contributed by atoms with Crippen molar-refractivity contribution in [2.45, 2.75) is 6.10 Å². The van der Waals surface area contributed by atoms with Gasteiger partial charge in [0.15, 0.2) is 0 Å². The van der Waals surface area contributed by atoms with Gasteiger partial charge in [-0.15, -0.1) is 12.4 Å². The van der Waals surface area contributed by atoms with E-state index in [1.165, 1.54) is 0 Å². The molecule has 0 radical (unpaired) electrons. The maximum absolute atomic E-state index is 12.3. The number of fused-ring (bicyclic) bond motifs is 1. The summed E-state index contributed by atoms with van der Waals surface area (Å²) in [5.41, 5.74) is 2.37. The number of aliphatic hydroxyl groups excluding tert-OH is 2. The number of nitrogens with one attached hydrogen (secondary N) is 1. The summed E-state index contributed by atoms with van der Waals surface area (Å²) in [5, 5.41) is 22.8. The number of para-hydroxylation sites is 1. The average molecular weight is 409 g/mol. The Morgan fingerprint density at radius 2 is 1.96 bits per heavy atom. The zero-order chi connectivity index (χ0) is 18.5. The third-order valence-electron chi connectivity index (χ3n) is 3.74. The van der Waals surface area contributed by atoms with E-state index in [-0.39, 0.29) is 19.0 Å². The number of rotatable bonds is 6. The second-order valence-corrected chi connectivity index (χ2v) is 6.06. The molecule has 6 nitrogen and oxygen atoms in total. The van der Waals surface area contributed by atoms with Crippen molar-refractivity contribution in [3.05, 3.63) is 65.3 Å². The summed E-state index contributed by atoms with van der Waals surface area (Å²) >= 11 is 6.01. The van der Waals surface area contributed by atoms with Crippen molar-refractivity contribution in [1.82, 2.24) is 4.98 Å². The summed E-state index contributed by atoms with van der Waals surface area (Å²) in [4.78, 5) is 16.6. The molecule has 0 saturated heterocycles. The fraction of sp³-hybridized carbons (Fsp3) is 0.158. The molecule has 0 aliphatic rings. The Labute approximate surface area is 167 Å². The van der Waals surface area contributed by atoms with E-state index in [1.807, 2.05) is 6.07 Å². The molecule has 0 amide bonds. The Balaban J connectivity index is 0.00000261. The highest BCUT2D eigenvalue weighted by Gasteiger charge is 2.15. The largest absolute Gasteiger partial charge is 0.459 e. The summed E-state index contributed by atoms with van der Waals surface area (Å²) in [6, 6.07) is 14.1. The van der Waals surface area contributed by atoms with Gasteiger partial charge in [0, 0.05) is 22.3 Å². The van der Waals surface area contributed by atoms with Gasteiger partial charge in [0.2, 0.25) is 0 Å². The van der Waals surface area contributed by atoms with E-state index < -0.39 is 18.7 Å². The van der Waals surface area contributed by atoms with Gasteiger partial charge in [0.05, 0.1) is 23.4 Å². The lowest BCUT2D eigenvalue weighted by atomic mass is 10.1. The molecule has 0 bridgehead atoms. The lowest BCUT2D eigenvalue weighted by Crippen LogP contribution is -2.22. The predicted octanol–water partition coefficient (Wildman–Crippen LogP) is 3.56. The standard InChI is InChI=1S/C19H17ClN2O4.ClH/c20-12-5-6-14-17(7-8-21-18(14)9-12)22-16-4-2-1-3-15(16)19(25)26-11-13(24)10-23;/h1-9,13,23-24H,10-11H2,(H,21,22);1H/t13-;/m1./s1. The number of benzene rings is 2. The summed E-state index contributed by atoms with van der Waals surface area (Å²) in [6.07, 6.45) is 0.549. The second-order valence-electron chi connectivity index (χ2n) is 5.63. The SMILES string of the molecule is Cl.O=C(OC[C@H](O)CO)c1ccccc1Nc1ccnc2cc(Cl)ccc12.